The van der Waals surface area contributed by atoms with Crippen molar-refractivity contribution in [2.24, 2.45) is 0 Å². The van der Waals surface area contributed by atoms with Crippen molar-refractivity contribution < 1.29 is 9.90 Å². The van der Waals surface area contributed by atoms with Crippen molar-refractivity contribution in [3.63, 3.8) is 0 Å². The molecule has 0 aromatic carbocycles. The van der Waals surface area contributed by atoms with Crippen LogP contribution in [0.15, 0.2) is 12.3 Å². The molecule has 0 bridgehead atoms. The van der Waals surface area contributed by atoms with Crippen LogP contribution in [0.2, 0.25) is 0 Å². The molecule has 0 saturated carbocycles. The molecule has 2 rings (SSSR count). The first-order valence-electron chi connectivity index (χ1n) is 7.22. The van der Waals surface area contributed by atoms with Gasteiger partial charge in [0.2, 0.25) is 5.82 Å². The van der Waals surface area contributed by atoms with Gasteiger partial charge in [-0.1, -0.05) is 13.8 Å². The van der Waals surface area contributed by atoms with Gasteiger partial charge >= 0.3 is 0 Å². The lowest BCUT2D eigenvalue weighted by atomic mass is 10.1. The SMILES string of the molecule is CCC(CC)N(CCO)C(=O)c1nc2nccc(C)n2n1. The highest BCUT2D eigenvalue weighted by Gasteiger charge is 2.25. The lowest BCUT2D eigenvalue weighted by Gasteiger charge is -2.28. The minimum absolute atomic E-state index is 0.0744. The van der Waals surface area contributed by atoms with Crippen LogP contribution >= 0.6 is 0 Å². The quantitative estimate of drug-likeness (QED) is 0.860. The third-order valence-corrected chi connectivity index (χ3v) is 3.61. The molecule has 1 N–H and O–H groups in total. The fourth-order valence-corrected chi connectivity index (χ4v) is 2.41. The molecule has 2 heterocycles. The Morgan fingerprint density at radius 2 is 2.14 bits per heavy atom. The number of aliphatic hydroxyl groups is 1. The number of carbonyl (C=O) groups is 1. The summed E-state index contributed by atoms with van der Waals surface area (Å²) < 4.78 is 1.55. The number of aromatic nitrogens is 4. The molecule has 0 fully saturated rings. The third-order valence-electron chi connectivity index (χ3n) is 3.61. The average molecular weight is 291 g/mol. The molecule has 0 atom stereocenters. The zero-order valence-corrected chi connectivity index (χ0v) is 12.7. The predicted molar refractivity (Wildman–Crippen MR) is 78.0 cm³/mol. The number of aliphatic hydroxyl groups excluding tert-OH is 1. The highest BCUT2D eigenvalue weighted by molar-refractivity contribution is 5.91. The van der Waals surface area contributed by atoms with E-state index in [2.05, 4.69) is 15.1 Å². The maximum atomic E-state index is 12.6. The second kappa shape index (κ2) is 6.62. The second-order valence-electron chi connectivity index (χ2n) is 4.93. The van der Waals surface area contributed by atoms with Crippen LogP contribution in [0.4, 0.5) is 0 Å². The Bertz CT molecular complexity index is 621. The number of hydrogen-bond donors (Lipinski definition) is 1. The van der Waals surface area contributed by atoms with Gasteiger partial charge in [-0.05, 0) is 25.8 Å². The largest absolute Gasteiger partial charge is 0.395 e. The van der Waals surface area contributed by atoms with Crippen molar-refractivity contribution in [2.75, 3.05) is 13.2 Å². The van der Waals surface area contributed by atoms with Gasteiger partial charge in [0.25, 0.3) is 11.7 Å². The first kappa shape index (κ1) is 15.4. The Balaban J connectivity index is 2.36. The van der Waals surface area contributed by atoms with Crippen LogP contribution in [0.1, 0.15) is 43.0 Å². The van der Waals surface area contributed by atoms with Gasteiger partial charge < -0.3 is 10.0 Å². The molecule has 2 aromatic rings. The Hall–Kier alpha value is -2.02. The molecule has 0 unspecified atom stereocenters. The fourth-order valence-electron chi connectivity index (χ4n) is 2.41. The molecule has 21 heavy (non-hydrogen) atoms. The molecule has 0 spiro atoms. The molecule has 0 aliphatic heterocycles. The minimum Gasteiger partial charge on any atom is -0.395 e. The molecular weight excluding hydrogens is 270 g/mol. The molecular formula is C14H21N5O2. The zero-order valence-electron chi connectivity index (χ0n) is 12.7. The topological polar surface area (TPSA) is 83.6 Å². The van der Waals surface area contributed by atoms with Crippen molar-refractivity contribution in [1.82, 2.24) is 24.5 Å². The van der Waals surface area contributed by atoms with Crippen LogP contribution in [0.25, 0.3) is 5.78 Å². The Morgan fingerprint density at radius 1 is 1.43 bits per heavy atom. The molecule has 114 valence electrons. The van der Waals surface area contributed by atoms with E-state index >= 15 is 0 Å². The zero-order chi connectivity index (χ0) is 15.4. The molecule has 7 nitrogen and oxygen atoms in total. The highest BCUT2D eigenvalue weighted by atomic mass is 16.3. The maximum absolute atomic E-state index is 12.6. The number of rotatable bonds is 6. The van der Waals surface area contributed by atoms with Crippen LogP contribution in [-0.4, -0.2) is 54.7 Å². The van der Waals surface area contributed by atoms with Gasteiger partial charge in [0.05, 0.1) is 6.61 Å². The molecule has 0 aliphatic rings. The van der Waals surface area contributed by atoms with Crippen LogP contribution < -0.4 is 0 Å². The smallest absolute Gasteiger partial charge is 0.293 e. The van der Waals surface area contributed by atoms with Gasteiger partial charge in [-0.2, -0.15) is 4.98 Å². The van der Waals surface area contributed by atoms with E-state index in [0.717, 1.165) is 18.5 Å². The summed E-state index contributed by atoms with van der Waals surface area (Å²) in [5.74, 6) is 0.270. The molecule has 1 amide bonds. The highest BCUT2D eigenvalue weighted by Crippen LogP contribution is 2.12. The Morgan fingerprint density at radius 3 is 2.71 bits per heavy atom. The van der Waals surface area contributed by atoms with Gasteiger partial charge in [-0.15, -0.1) is 5.10 Å². The van der Waals surface area contributed by atoms with Crippen molar-refractivity contribution in [1.29, 1.82) is 0 Å². The Kier molecular flexibility index (Phi) is 4.85. The van der Waals surface area contributed by atoms with E-state index in [1.165, 1.54) is 0 Å². The summed E-state index contributed by atoms with van der Waals surface area (Å²) in [5, 5.41) is 13.4. The number of nitrogens with zero attached hydrogens (tertiary/aromatic N) is 5. The van der Waals surface area contributed by atoms with Gasteiger partial charge in [0, 0.05) is 24.5 Å². The molecule has 0 aliphatic carbocycles. The van der Waals surface area contributed by atoms with Crippen LogP contribution in [-0.2, 0) is 0 Å². The maximum Gasteiger partial charge on any atom is 0.293 e. The van der Waals surface area contributed by atoms with Gasteiger partial charge in [0.1, 0.15) is 0 Å². The summed E-state index contributed by atoms with van der Waals surface area (Å²) in [5.41, 5.74) is 0.864. The standard InChI is InChI=1S/C14H21N5O2/c1-4-11(5-2)18(8-9-20)13(21)12-16-14-15-7-6-10(3)19(14)17-12/h6-7,11,20H,4-5,8-9H2,1-3H3. The third kappa shape index (κ3) is 3.02. The summed E-state index contributed by atoms with van der Waals surface area (Å²) in [4.78, 5) is 22.6. The number of amides is 1. The first-order valence-corrected chi connectivity index (χ1v) is 7.22. The van der Waals surface area contributed by atoms with E-state index in [1.807, 2.05) is 26.8 Å². The number of fused-ring (bicyclic) bond motifs is 1. The van der Waals surface area contributed by atoms with E-state index in [9.17, 15) is 9.90 Å². The first-order chi connectivity index (χ1) is 10.1. The van der Waals surface area contributed by atoms with Gasteiger partial charge in [-0.25, -0.2) is 9.50 Å². The van der Waals surface area contributed by atoms with E-state index in [1.54, 1.807) is 15.6 Å². The van der Waals surface area contributed by atoms with E-state index in [-0.39, 0.29) is 30.9 Å². The van der Waals surface area contributed by atoms with Crippen molar-refractivity contribution in [3.8, 4) is 0 Å². The van der Waals surface area contributed by atoms with Gasteiger partial charge in [0.15, 0.2) is 0 Å². The summed E-state index contributed by atoms with van der Waals surface area (Å²) >= 11 is 0. The molecule has 0 radical (unpaired) electrons. The summed E-state index contributed by atoms with van der Waals surface area (Å²) in [6.07, 6.45) is 3.29. The van der Waals surface area contributed by atoms with E-state index in [4.69, 9.17) is 0 Å². The number of carbonyl (C=O) groups excluding carboxylic acids is 1. The minimum atomic E-state index is -0.261. The fraction of sp³-hybridized carbons (Fsp3) is 0.571. The Labute approximate surface area is 123 Å². The van der Waals surface area contributed by atoms with Gasteiger partial charge in [-0.3, -0.25) is 4.79 Å². The molecule has 2 aromatic heterocycles. The van der Waals surface area contributed by atoms with Crippen LogP contribution in [0, 0.1) is 6.92 Å². The second-order valence-corrected chi connectivity index (χ2v) is 4.93. The summed E-state index contributed by atoms with van der Waals surface area (Å²) in [6, 6.07) is 1.88. The van der Waals surface area contributed by atoms with Crippen molar-refractivity contribution in [3.05, 3.63) is 23.8 Å². The average Bonchev–Trinajstić information content (AvgIpc) is 2.92. The van der Waals surface area contributed by atoms with E-state index < -0.39 is 0 Å². The number of hydrogen-bond acceptors (Lipinski definition) is 5. The normalized spacial score (nSPS) is 11.3. The predicted octanol–water partition coefficient (Wildman–Crippen LogP) is 1.06. The monoisotopic (exact) mass is 291 g/mol. The molecule has 7 heteroatoms. The summed E-state index contributed by atoms with van der Waals surface area (Å²) in [7, 11) is 0. The van der Waals surface area contributed by atoms with Crippen LogP contribution in [0.3, 0.4) is 0 Å². The van der Waals surface area contributed by atoms with E-state index in [0.29, 0.717) is 5.78 Å². The summed E-state index contributed by atoms with van der Waals surface area (Å²) in [6.45, 7) is 6.13. The van der Waals surface area contributed by atoms with Crippen molar-refractivity contribution >= 4 is 11.7 Å². The van der Waals surface area contributed by atoms with Crippen LogP contribution in [0.5, 0.6) is 0 Å². The lowest BCUT2D eigenvalue weighted by Crippen LogP contribution is -2.42. The lowest BCUT2D eigenvalue weighted by molar-refractivity contribution is 0.0610. The molecule has 0 saturated heterocycles. The number of aryl methyl sites for hydroxylation is 1. The van der Waals surface area contributed by atoms with Crippen molar-refractivity contribution in [2.45, 2.75) is 39.7 Å².